The van der Waals surface area contributed by atoms with Crippen LogP contribution in [0.1, 0.15) is 24.0 Å². The average molecular weight is 350 g/mol. The number of hydrogen-bond acceptors (Lipinski definition) is 3. The summed E-state index contributed by atoms with van der Waals surface area (Å²) in [6.07, 6.45) is 5.76. The second-order valence-corrected chi connectivity index (χ2v) is 7.04. The van der Waals surface area contributed by atoms with Gasteiger partial charge in [-0.25, -0.2) is 0 Å². The van der Waals surface area contributed by atoms with Crippen LogP contribution >= 0.6 is 0 Å². The van der Waals surface area contributed by atoms with Gasteiger partial charge in [0.2, 0.25) is 0 Å². The van der Waals surface area contributed by atoms with Gasteiger partial charge in [-0.1, -0.05) is 12.1 Å². The number of ether oxygens (including phenoxy) is 2. The zero-order valence-corrected chi connectivity index (χ0v) is 15.5. The summed E-state index contributed by atoms with van der Waals surface area (Å²) in [5.74, 6) is 1.83. The zero-order chi connectivity index (χ0) is 17.9. The summed E-state index contributed by atoms with van der Waals surface area (Å²) in [6.45, 7) is 2.17. The van der Waals surface area contributed by atoms with E-state index in [1.807, 2.05) is 18.2 Å². The zero-order valence-electron chi connectivity index (χ0n) is 15.5. The minimum absolute atomic E-state index is 0.585. The fourth-order valence-corrected chi connectivity index (χ4v) is 4.01. The molecule has 2 heterocycles. The molecule has 0 aliphatic carbocycles. The molecule has 0 unspecified atom stereocenters. The van der Waals surface area contributed by atoms with Crippen LogP contribution in [0.15, 0.2) is 48.7 Å². The highest BCUT2D eigenvalue weighted by Gasteiger charge is 2.25. The van der Waals surface area contributed by atoms with E-state index in [4.69, 9.17) is 9.47 Å². The molecule has 3 aromatic rings. The van der Waals surface area contributed by atoms with Crippen LogP contribution in [-0.4, -0.2) is 36.7 Å². The minimum Gasteiger partial charge on any atom is -0.497 e. The molecule has 1 atom stereocenters. The van der Waals surface area contributed by atoms with Crippen molar-refractivity contribution >= 4 is 10.9 Å². The molecule has 26 heavy (non-hydrogen) atoms. The average Bonchev–Trinajstić information content (AvgIpc) is 3.29. The second kappa shape index (κ2) is 7.42. The molecule has 1 aromatic heterocycles. The van der Waals surface area contributed by atoms with E-state index in [-0.39, 0.29) is 0 Å². The molecule has 4 rings (SSSR count). The molecule has 136 valence electrons. The van der Waals surface area contributed by atoms with Crippen molar-refractivity contribution in [3.8, 4) is 11.5 Å². The summed E-state index contributed by atoms with van der Waals surface area (Å²) in [4.78, 5) is 6.01. The molecule has 0 amide bonds. The summed E-state index contributed by atoms with van der Waals surface area (Å²) in [6, 6.07) is 15.3. The van der Waals surface area contributed by atoms with Gasteiger partial charge in [0.1, 0.15) is 11.5 Å². The molecule has 1 aliphatic heterocycles. The molecule has 0 saturated carbocycles. The third kappa shape index (κ3) is 3.42. The van der Waals surface area contributed by atoms with Gasteiger partial charge in [0, 0.05) is 29.7 Å². The van der Waals surface area contributed by atoms with Gasteiger partial charge in [0.15, 0.2) is 0 Å². The Morgan fingerprint density at radius 1 is 1.04 bits per heavy atom. The minimum atomic E-state index is 0.585. The van der Waals surface area contributed by atoms with Crippen molar-refractivity contribution in [1.82, 2.24) is 9.88 Å². The second-order valence-electron chi connectivity index (χ2n) is 7.04. The molecule has 1 aliphatic rings. The number of likely N-dealkylation sites (tertiary alicyclic amines) is 1. The van der Waals surface area contributed by atoms with Crippen molar-refractivity contribution in [3.05, 3.63) is 59.8 Å². The maximum absolute atomic E-state index is 5.40. The number of nitrogens with one attached hydrogen (secondary N) is 1. The van der Waals surface area contributed by atoms with E-state index in [1.165, 1.54) is 41.4 Å². The summed E-state index contributed by atoms with van der Waals surface area (Å²) < 4.78 is 10.7. The van der Waals surface area contributed by atoms with Crippen LogP contribution in [0.4, 0.5) is 0 Å². The van der Waals surface area contributed by atoms with E-state index in [2.05, 4.69) is 40.3 Å². The van der Waals surface area contributed by atoms with Gasteiger partial charge in [-0.05, 0) is 67.3 Å². The van der Waals surface area contributed by atoms with Crippen LogP contribution in [0.2, 0.25) is 0 Å². The maximum atomic E-state index is 5.40. The molecule has 1 fully saturated rings. The molecule has 0 spiro atoms. The monoisotopic (exact) mass is 350 g/mol. The summed E-state index contributed by atoms with van der Waals surface area (Å²) >= 11 is 0. The Morgan fingerprint density at radius 2 is 1.81 bits per heavy atom. The van der Waals surface area contributed by atoms with Crippen molar-refractivity contribution in [2.24, 2.45) is 0 Å². The lowest BCUT2D eigenvalue weighted by molar-refractivity contribution is 0.244. The predicted molar refractivity (Wildman–Crippen MR) is 105 cm³/mol. The van der Waals surface area contributed by atoms with Crippen molar-refractivity contribution in [3.63, 3.8) is 0 Å². The van der Waals surface area contributed by atoms with Crippen molar-refractivity contribution in [2.75, 3.05) is 20.8 Å². The smallest absolute Gasteiger partial charge is 0.119 e. The van der Waals surface area contributed by atoms with Crippen LogP contribution in [0.3, 0.4) is 0 Å². The number of rotatable bonds is 6. The lowest BCUT2D eigenvalue weighted by Crippen LogP contribution is -2.30. The number of H-pyrrole nitrogens is 1. The molecule has 4 nitrogen and oxygen atoms in total. The first-order valence-corrected chi connectivity index (χ1v) is 9.28. The third-order valence-corrected chi connectivity index (χ3v) is 5.47. The fraction of sp³-hybridized carbons (Fsp3) is 0.364. The van der Waals surface area contributed by atoms with Crippen LogP contribution in [0.25, 0.3) is 10.9 Å². The molecule has 0 radical (unpaired) electrons. The maximum Gasteiger partial charge on any atom is 0.119 e. The number of fused-ring (bicyclic) bond motifs is 1. The van der Waals surface area contributed by atoms with E-state index < -0.39 is 0 Å². The quantitative estimate of drug-likeness (QED) is 0.716. The highest BCUT2D eigenvalue weighted by molar-refractivity contribution is 5.84. The SMILES string of the molecule is COc1ccc(CN2CCC[C@@H]2Cc2c[nH]c3ccc(OC)cc23)cc1. The van der Waals surface area contributed by atoms with Gasteiger partial charge in [-0.3, -0.25) is 4.90 Å². The van der Waals surface area contributed by atoms with Crippen molar-refractivity contribution < 1.29 is 9.47 Å². The van der Waals surface area contributed by atoms with E-state index in [0.29, 0.717) is 6.04 Å². The lowest BCUT2D eigenvalue weighted by atomic mass is 10.0. The summed E-state index contributed by atoms with van der Waals surface area (Å²) in [5.41, 5.74) is 3.91. The fourth-order valence-electron chi connectivity index (χ4n) is 4.01. The van der Waals surface area contributed by atoms with E-state index in [1.54, 1.807) is 14.2 Å². The number of hydrogen-bond donors (Lipinski definition) is 1. The van der Waals surface area contributed by atoms with Gasteiger partial charge in [-0.15, -0.1) is 0 Å². The predicted octanol–water partition coefficient (Wildman–Crippen LogP) is 4.39. The Labute approximate surface area is 154 Å². The number of nitrogens with zero attached hydrogens (tertiary/aromatic N) is 1. The Morgan fingerprint density at radius 3 is 2.58 bits per heavy atom. The van der Waals surface area contributed by atoms with Crippen molar-refractivity contribution in [1.29, 1.82) is 0 Å². The van der Waals surface area contributed by atoms with Gasteiger partial charge in [0.05, 0.1) is 14.2 Å². The Balaban J connectivity index is 1.50. The standard InChI is InChI=1S/C22H26N2O2/c1-25-19-7-5-16(6-8-19)15-24-11-3-4-18(24)12-17-14-23-22-10-9-20(26-2)13-21(17)22/h5-10,13-14,18,23H,3-4,11-12,15H2,1-2H3/t18-/m1/s1. The topological polar surface area (TPSA) is 37.5 Å². The first-order chi connectivity index (χ1) is 12.8. The van der Waals surface area contributed by atoms with E-state index >= 15 is 0 Å². The van der Waals surface area contributed by atoms with Gasteiger partial charge in [-0.2, -0.15) is 0 Å². The highest BCUT2D eigenvalue weighted by atomic mass is 16.5. The molecule has 2 aromatic carbocycles. The van der Waals surface area contributed by atoms with Crippen LogP contribution < -0.4 is 9.47 Å². The van der Waals surface area contributed by atoms with Crippen molar-refractivity contribution in [2.45, 2.75) is 31.8 Å². The van der Waals surface area contributed by atoms with E-state index in [9.17, 15) is 0 Å². The van der Waals surface area contributed by atoms with Crippen LogP contribution in [-0.2, 0) is 13.0 Å². The van der Waals surface area contributed by atoms with Gasteiger partial charge < -0.3 is 14.5 Å². The molecular weight excluding hydrogens is 324 g/mol. The normalized spacial score (nSPS) is 17.7. The molecule has 4 heteroatoms. The Hall–Kier alpha value is -2.46. The molecule has 1 N–H and O–H groups in total. The first kappa shape index (κ1) is 17.0. The third-order valence-electron chi connectivity index (χ3n) is 5.47. The number of aromatic amines is 1. The highest BCUT2D eigenvalue weighted by Crippen LogP contribution is 2.29. The van der Waals surface area contributed by atoms with Crippen LogP contribution in [0, 0.1) is 0 Å². The number of aromatic nitrogens is 1. The van der Waals surface area contributed by atoms with Gasteiger partial charge in [0.25, 0.3) is 0 Å². The molecule has 1 saturated heterocycles. The first-order valence-electron chi connectivity index (χ1n) is 9.28. The summed E-state index contributed by atoms with van der Waals surface area (Å²) in [5, 5.41) is 1.28. The van der Waals surface area contributed by atoms with E-state index in [0.717, 1.165) is 24.5 Å². The van der Waals surface area contributed by atoms with Crippen LogP contribution in [0.5, 0.6) is 11.5 Å². The lowest BCUT2D eigenvalue weighted by Gasteiger charge is -2.24. The molecular formula is C22H26N2O2. The van der Waals surface area contributed by atoms with Gasteiger partial charge >= 0.3 is 0 Å². The Kier molecular flexibility index (Phi) is 4.85. The summed E-state index contributed by atoms with van der Waals surface area (Å²) in [7, 11) is 3.43. The number of benzene rings is 2. The number of methoxy groups -OCH3 is 2. The molecule has 0 bridgehead atoms. The Bertz CT molecular complexity index is 869. The largest absolute Gasteiger partial charge is 0.497 e.